The maximum absolute atomic E-state index is 11.9. The third-order valence-corrected chi connectivity index (χ3v) is 3.27. The van der Waals surface area contributed by atoms with Crippen molar-refractivity contribution in [3.8, 4) is 5.88 Å². The van der Waals surface area contributed by atoms with E-state index in [1.807, 2.05) is 0 Å². The Morgan fingerprint density at radius 1 is 1.38 bits per heavy atom. The largest absolute Gasteiger partial charge is 0.494 e. The Morgan fingerprint density at radius 2 is 2.12 bits per heavy atom. The third-order valence-electron chi connectivity index (χ3n) is 2.95. The van der Waals surface area contributed by atoms with Gasteiger partial charge in [-0.05, 0) is 19.1 Å². The van der Waals surface area contributed by atoms with E-state index < -0.39 is 11.1 Å². The van der Waals surface area contributed by atoms with Crippen LogP contribution in [0.15, 0.2) is 14.7 Å². The van der Waals surface area contributed by atoms with Crippen molar-refractivity contribution in [1.82, 2.24) is 24.7 Å². The van der Waals surface area contributed by atoms with Gasteiger partial charge in [-0.3, -0.25) is 24.1 Å². The van der Waals surface area contributed by atoms with Gasteiger partial charge in [0.2, 0.25) is 11.8 Å². The quantitative estimate of drug-likeness (QED) is 0.308. The second-order valence-electron chi connectivity index (χ2n) is 4.60. The number of aryl methyl sites for hydroxylation is 1. The third kappa shape index (κ3) is 3.91. The van der Waals surface area contributed by atoms with Crippen molar-refractivity contribution < 1.29 is 9.84 Å². The lowest BCUT2D eigenvalue weighted by Gasteiger charge is -2.10. The number of hydrogen-bond acceptors (Lipinski definition) is 9. The van der Waals surface area contributed by atoms with Crippen LogP contribution >= 0.6 is 12.2 Å². The average molecular weight is 353 g/mol. The zero-order valence-electron chi connectivity index (χ0n) is 12.9. The van der Waals surface area contributed by atoms with Crippen LogP contribution in [-0.4, -0.2) is 49.8 Å². The monoisotopic (exact) mass is 353 g/mol. The maximum atomic E-state index is 11.9. The molecule has 0 fully saturated rings. The van der Waals surface area contributed by atoms with E-state index in [0.29, 0.717) is 6.61 Å². The summed E-state index contributed by atoms with van der Waals surface area (Å²) in [5.74, 6) is -0.361. The van der Waals surface area contributed by atoms with Gasteiger partial charge in [-0.1, -0.05) is 0 Å². The van der Waals surface area contributed by atoms with Gasteiger partial charge in [0, 0.05) is 7.11 Å². The lowest BCUT2D eigenvalue weighted by atomic mass is 10.3. The Kier molecular flexibility index (Phi) is 5.55. The molecule has 0 aliphatic rings. The molecule has 4 N–H and O–H groups in total. The van der Waals surface area contributed by atoms with Crippen molar-refractivity contribution in [2.24, 2.45) is 5.10 Å². The van der Waals surface area contributed by atoms with E-state index in [0.717, 1.165) is 6.21 Å². The summed E-state index contributed by atoms with van der Waals surface area (Å²) in [7, 11) is 1.50. The highest BCUT2D eigenvalue weighted by Crippen LogP contribution is 2.11. The van der Waals surface area contributed by atoms with Gasteiger partial charge < -0.3 is 9.84 Å². The number of anilines is 1. The molecule has 0 saturated heterocycles. The highest BCUT2D eigenvalue weighted by molar-refractivity contribution is 7.71. The number of H-pyrrole nitrogens is 2. The van der Waals surface area contributed by atoms with Gasteiger partial charge in [-0.2, -0.15) is 5.10 Å². The first-order valence-electron chi connectivity index (χ1n) is 6.71. The smallest absolute Gasteiger partial charge is 0.274 e. The van der Waals surface area contributed by atoms with Crippen LogP contribution in [0, 0.1) is 11.7 Å². The predicted octanol–water partition coefficient (Wildman–Crippen LogP) is -0.509. The van der Waals surface area contributed by atoms with Gasteiger partial charge in [0.15, 0.2) is 4.77 Å². The van der Waals surface area contributed by atoms with Crippen LogP contribution in [0.1, 0.15) is 11.3 Å². The van der Waals surface area contributed by atoms with Crippen LogP contribution in [0.25, 0.3) is 0 Å². The molecule has 2 aromatic heterocycles. The second kappa shape index (κ2) is 7.61. The predicted molar refractivity (Wildman–Crippen MR) is 88.0 cm³/mol. The molecule has 0 bridgehead atoms. The minimum atomic E-state index is -0.611. The van der Waals surface area contributed by atoms with Crippen LogP contribution in [0.5, 0.6) is 5.88 Å². The maximum Gasteiger partial charge on any atom is 0.274 e. The fraction of sp³-hybridized carbons (Fsp3) is 0.333. The van der Waals surface area contributed by atoms with Gasteiger partial charge in [-0.15, -0.1) is 10.2 Å². The first kappa shape index (κ1) is 17.5. The molecular weight excluding hydrogens is 338 g/mol. The molecule has 0 aliphatic heterocycles. The topological polar surface area (TPSA) is 150 Å². The molecule has 24 heavy (non-hydrogen) atoms. The van der Waals surface area contributed by atoms with E-state index >= 15 is 0 Å². The molecule has 2 rings (SSSR count). The van der Waals surface area contributed by atoms with Crippen molar-refractivity contribution in [2.45, 2.75) is 13.5 Å². The molecule has 0 aromatic carbocycles. The number of ether oxygens (including phenoxy) is 1. The summed E-state index contributed by atoms with van der Waals surface area (Å²) < 4.78 is 6.28. The zero-order valence-corrected chi connectivity index (χ0v) is 13.7. The van der Waals surface area contributed by atoms with Gasteiger partial charge in [0.1, 0.15) is 11.3 Å². The molecule has 0 amide bonds. The fourth-order valence-corrected chi connectivity index (χ4v) is 1.95. The van der Waals surface area contributed by atoms with Gasteiger partial charge in [0.05, 0.1) is 19.4 Å². The van der Waals surface area contributed by atoms with Crippen molar-refractivity contribution >= 4 is 24.4 Å². The molecule has 0 aliphatic carbocycles. The SMILES string of the molecule is COCCn1c(O)c(C=NNc2nnc(C)c(=O)[nH]2)c(=O)[nH]c1=S. The Morgan fingerprint density at radius 3 is 2.79 bits per heavy atom. The van der Waals surface area contributed by atoms with Crippen molar-refractivity contribution in [1.29, 1.82) is 0 Å². The molecule has 11 nitrogen and oxygen atoms in total. The average Bonchev–Trinajstić information content (AvgIpc) is 2.53. The number of hydrogen-bond donors (Lipinski definition) is 4. The second-order valence-corrected chi connectivity index (χ2v) is 4.99. The molecule has 12 heteroatoms. The van der Waals surface area contributed by atoms with E-state index in [2.05, 4.69) is 30.7 Å². The minimum Gasteiger partial charge on any atom is -0.494 e. The van der Waals surface area contributed by atoms with Crippen LogP contribution in [0.3, 0.4) is 0 Å². The summed E-state index contributed by atoms with van der Waals surface area (Å²) >= 11 is 4.99. The van der Waals surface area contributed by atoms with Crippen molar-refractivity contribution in [3.63, 3.8) is 0 Å². The highest BCUT2D eigenvalue weighted by Gasteiger charge is 2.10. The number of aromatic hydroxyl groups is 1. The molecule has 0 radical (unpaired) electrons. The summed E-state index contributed by atoms with van der Waals surface area (Å²) in [6, 6.07) is 0. The van der Waals surface area contributed by atoms with E-state index in [-0.39, 0.29) is 34.4 Å². The summed E-state index contributed by atoms with van der Waals surface area (Å²) in [6.07, 6.45) is 1.08. The summed E-state index contributed by atoms with van der Waals surface area (Å²) in [5, 5.41) is 21.2. The number of nitrogens with one attached hydrogen (secondary N) is 3. The van der Waals surface area contributed by atoms with Crippen LogP contribution in [0.4, 0.5) is 5.95 Å². The van der Waals surface area contributed by atoms with Crippen LogP contribution < -0.4 is 16.5 Å². The molecular formula is C12H15N7O4S. The normalized spacial score (nSPS) is 11.1. The molecule has 0 unspecified atom stereocenters. The molecule has 2 heterocycles. The first-order valence-corrected chi connectivity index (χ1v) is 7.12. The summed E-state index contributed by atoms with van der Waals surface area (Å²) in [5.41, 5.74) is 1.47. The number of methoxy groups -OCH3 is 1. The Bertz CT molecular complexity index is 930. The number of rotatable bonds is 6. The first-order chi connectivity index (χ1) is 11.4. The number of aromatic nitrogens is 5. The Balaban J connectivity index is 2.28. The standard InChI is InChI=1S/C12H15N7O4S/c1-6-8(20)14-11(18-16-6)17-13-5-7-9(21)15-12(24)19(10(7)22)3-4-23-2/h5,22H,3-4H2,1-2H3,(H,15,21,24)(H2,14,17,18,20). The summed E-state index contributed by atoms with van der Waals surface area (Å²) in [6.45, 7) is 2.05. The van der Waals surface area contributed by atoms with Gasteiger partial charge in [0.25, 0.3) is 11.1 Å². The molecule has 0 saturated carbocycles. The Labute approximate surface area is 140 Å². The number of hydrazone groups is 1. The fourth-order valence-electron chi connectivity index (χ4n) is 1.68. The van der Waals surface area contributed by atoms with E-state index in [9.17, 15) is 14.7 Å². The molecule has 0 spiro atoms. The van der Waals surface area contributed by atoms with E-state index in [1.54, 1.807) is 0 Å². The lowest BCUT2D eigenvalue weighted by Crippen LogP contribution is -2.20. The zero-order chi connectivity index (χ0) is 17.7. The van der Waals surface area contributed by atoms with Gasteiger partial charge in [-0.25, -0.2) is 5.43 Å². The Hall–Kier alpha value is -2.86. The van der Waals surface area contributed by atoms with Crippen LogP contribution in [-0.2, 0) is 11.3 Å². The van der Waals surface area contributed by atoms with E-state index in [4.69, 9.17) is 17.0 Å². The van der Waals surface area contributed by atoms with Crippen molar-refractivity contribution in [3.05, 3.63) is 36.7 Å². The lowest BCUT2D eigenvalue weighted by molar-refractivity contribution is 0.182. The molecule has 128 valence electrons. The summed E-state index contributed by atoms with van der Waals surface area (Å²) in [4.78, 5) is 28.1. The van der Waals surface area contributed by atoms with Gasteiger partial charge >= 0.3 is 0 Å². The van der Waals surface area contributed by atoms with Crippen LogP contribution in [0.2, 0.25) is 0 Å². The molecule has 0 atom stereocenters. The van der Waals surface area contributed by atoms with E-state index in [1.165, 1.54) is 18.6 Å². The highest BCUT2D eigenvalue weighted by atomic mass is 32.1. The molecule has 2 aromatic rings. The number of nitrogens with zero attached hydrogens (tertiary/aromatic N) is 4. The number of aromatic amines is 2. The minimum absolute atomic E-state index is 0.00934. The van der Waals surface area contributed by atoms with Crippen molar-refractivity contribution in [2.75, 3.05) is 19.1 Å².